The maximum absolute atomic E-state index is 5.76. The van der Waals surface area contributed by atoms with Crippen molar-refractivity contribution < 1.29 is 9.47 Å². The first-order valence-corrected chi connectivity index (χ1v) is 7.99. The van der Waals surface area contributed by atoms with Gasteiger partial charge in [-0.2, -0.15) is 0 Å². The van der Waals surface area contributed by atoms with Crippen molar-refractivity contribution in [3.05, 3.63) is 23.8 Å². The molecule has 1 aromatic rings. The van der Waals surface area contributed by atoms with E-state index in [1.165, 1.54) is 31.5 Å². The Balaban J connectivity index is 1.64. The van der Waals surface area contributed by atoms with Crippen LogP contribution in [0.15, 0.2) is 18.2 Å². The average Bonchev–Trinajstić information content (AvgIpc) is 2.52. The second-order valence-electron chi connectivity index (χ2n) is 6.27. The zero-order chi connectivity index (χ0) is 14.7. The third kappa shape index (κ3) is 3.50. The van der Waals surface area contributed by atoms with Gasteiger partial charge in [0.05, 0.1) is 13.7 Å². The molecule has 1 N–H and O–H groups in total. The average molecular weight is 290 g/mol. The number of rotatable bonds is 4. The number of nitrogens with one attached hydrogen (secondary N) is 1. The van der Waals surface area contributed by atoms with Crippen LogP contribution in [0.1, 0.15) is 30.9 Å². The van der Waals surface area contributed by atoms with E-state index in [-0.39, 0.29) is 0 Å². The lowest BCUT2D eigenvalue weighted by Gasteiger charge is -2.32. The molecule has 1 saturated heterocycles. The zero-order valence-corrected chi connectivity index (χ0v) is 13.1. The van der Waals surface area contributed by atoms with Crippen molar-refractivity contribution >= 4 is 0 Å². The lowest BCUT2D eigenvalue weighted by Crippen LogP contribution is -2.39. The third-order valence-corrected chi connectivity index (χ3v) is 4.63. The van der Waals surface area contributed by atoms with Gasteiger partial charge in [0.25, 0.3) is 0 Å². The fraction of sp³-hybridized carbons (Fsp3) is 0.647. The fourth-order valence-electron chi connectivity index (χ4n) is 3.46. The summed E-state index contributed by atoms with van der Waals surface area (Å²) in [6, 6.07) is 6.49. The van der Waals surface area contributed by atoms with Crippen LogP contribution in [0.5, 0.6) is 11.5 Å². The van der Waals surface area contributed by atoms with E-state index in [0.29, 0.717) is 6.04 Å². The highest BCUT2D eigenvalue weighted by Gasteiger charge is 2.24. The van der Waals surface area contributed by atoms with Crippen LogP contribution in [-0.2, 0) is 0 Å². The Morgan fingerprint density at radius 2 is 2.29 bits per heavy atom. The predicted molar refractivity (Wildman–Crippen MR) is 84.1 cm³/mol. The van der Waals surface area contributed by atoms with E-state index >= 15 is 0 Å². The molecule has 1 aromatic carbocycles. The second-order valence-corrected chi connectivity index (χ2v) is 6.27. The molecule has 0 saturated carbocycles. The van der Waals surface area contributed by atoms with E-state index in [0.717, 1.165) is 37.0 Å². The Kier molecular flexibility index (Phi) is 4.66. The smallest absolute Gasteiger partial charge is 0.124 e. The van der Waals surface area contributed by atoms with Gasteiger partial charge in [-0.05, 0) is 57.1 Å². The Morgan fingerprint density at radius 1 is 1.38 bits per heavy atom. The van der Waals surface area contributed by atoms with Crippen molar-refractivity contribution in [2.24, 2.45) is 5.92 Å². The highest BCUT2D eigenvalue weighted by Crippen LogP contribution is 2.34. The molecular weight excluding hydrogens is 264 g/mol. The molecule has 4 nitrogen and oxygen atoms in total. The number of piperidine rings is 1. The van der Waals surface area contributed by atoms with Gasteiger partial charge in [-0.1, -0.05) is 0 Å². The van der Waals surface area contributed by atoms with Crippen LogP contribution < -0.4 is 14.8 Å². The summed E-state index contributed by atoms with van der Waals surface area (Å²) < 4.78 is 11.1. The molecule has 2 aliphatic rings. The summed E-state index contributed by atoms with van der Waals surface area (Å²) >= 11 is 0. The highest BCUT2D eigenvalue weighted by molar-refractivity contribution is 5.43. The van der Waals surface area contributed by atoms with E-state index in [4.69, 9.17) is 9.47 Å². The van der Waals surface area contributed by atoms with E-state index in [2.05, 4.69) is 23.3 Å². The molecule has 4 heteroatoms. The van der Waals surface area contributed by atoms with Gasteiger partial charge in [0, 0.05) is 24.6 Å². The van der Waals surface area contributed by atoms with E-state index in [1.807, 2.05) is 12.1 Å². The van der Waals surface area contributed by atoms with Crippen LogP contribution in [0, 0.1) is 5.92 Å². The molecule has 0 aromatic heterocycles. The van der Waals surface area contributed by atoms with Gasteiger partial charge in [-0.25, -0.2) is 0 Å². The topological polar surface area (TPSA) is 33.7 Å². The Labute approximate surface area is 127 Å². The molecule has 2 atom stereocenters. The Morgan fingerprint density at radius 3 is 3.10 bits per heavy atom. The Hall–Kier alpha value is -1.26. The normalized spacial score (nSPS) is 26.0. The van der Waals surface area contributed by atoms with Crippen molar-refractivity contribution in [1.82, 2.24) is 10.2 Å². The molecule has 3 rings (SSSR count). The number of methoxy groups -OCH3 is 1. The molecule has 0 radical (unpaired) electrons. The lowest BCUT2D eigenvalue weighted by molar-refractivity contribution is 0.194. The van der Waals surface area contributed by atoms with Gasteiger partial charge in [-0.3, -0.25) is 0 Å². The maximum Gasteiger partial charge on any atom is 0.124 e. The summed E-state index contributed by atoms with van der Waals surface area (Å²) in [6.45, 7) is 4.34. The summed E-state index contributed by atoms with van der Waals surface area (Å²) in [7, 11) is 3.94. The molecule has 1 fully saturated rings. The minimum atomic E-state index is 0.385. The van der Waals surface area contributed by atoms with Gasteiger partial charge >= 0.3 is 0 Å². The monoisotopic (exact) mass is 290 g/mol. The minimum Gasteiger partial charge on any atom is -0.497 e. The van der Waals surface area contributed by atoms with E-state index in [1.54, 1.807) is 7.11 Å². The van der Waals surface area contributed by atoms with Crippen LogP contribution in [-0.4, -0.2) is 45.3 Å². The van der Waals surface area contributed by atoms with Gasteiger partial charge in [0.15, 0.2) is 0 Å². The molecule has 2 unspecified atom stereocenters. The molecule has 2 heterocycles. The number of nitrogens with zero attached hydrogens (tertiary/aromatic N) is 1. The first-order valence-electron chi connectivity index (χ1n) is 7.99. The fourth-order valence-corrected chi connectivity index (χ4v) is 3.46. The number of ether oxygens (including phenoxy) is 2. The van der Waals surface area contributed by atoms with Gasteiger partial charge in [0.2, 0.25) is 0 Å². The Bertz CT molecular complexity index is 478. The van der Waals surface area contributed by atoms with Crippen LogP contribution in [0.2, 0.25) is 0 Å². The quantitative estimate of drug-likeness (QED) is 0.923. The van der Waals surface area contributed by atoms with Gasteiger partial charge in [-0.15, -0.1) is 0 Å². The number of benzene rings is 1. The molecule has 0 bridgehead atoms. The SMILES string of the molecule is COc1ccc2c(c1)C(NCC1CCCN(C)C1)CCO2. The second kappa shape index (κ2) is 6.67. The minimum absolute atomic E-state index is 0.385. The van der Waals surface area contributed by atoms with E-state index in [9.17, 15) is 0 Å². The van der Waals surface area contributed by atoms with Crippen LogP contribution in [0.4, 0.5) is 0 Å². The standard InChI is InChI=1S/C17H26N2O2/c1-19-8-3-4-13(12-19)11-18-16-7-9-21-17-6-5-14(20-2)10-15(16)17/h5-6,10,13,16,18H,3-4,7-9,11-12H2,1-2H3. The van der Waals surface area contributed by atoms with Crippen LogP contribution >= 0.6 is 0 Å². The summed E-state index contributed by atoms with van der Waals surface area (Å²) in [4.78, 5) is 2.44. The largest absolute Gasteiger partial charge is 0.497 e. The van der Waals surface area contributed by atoms with Crippen LogP contribution in [0.3, 0.4) is 0 Å². The lowest BCUT2D eigenvalue weighted by atomic mass is 9.96. The zero-order valence-electron chi connectivity index (χ0n) is 13.1. The number of hydrogen-bond donors (Lipinski definition) is 1. The summed E-state index contributed by atoms with van der Waals surface area (Å²) in [5, 5.41) is 3.76. The number of fused-ring (bicyclic) bond motifs is 1. The van der Waals surface area contributed by atoms with Gasteiger partial charge in [0.1, 0.15) is 11.5 Å². The highest BCUT2D eigenvalue weighted by atomic mass is 16.5. The first kappa shape index (κ1) is 14.7. The molecule has 2 aliphatic heterocycles. The summed E-state index contributed by atoms with van der Waals surface area (Å²) in [5.41, 5.74) is 1.24. The molecule has 21 heavy (non-hydrogen) atoms. The van der Waals surface area contributed by atoms with Crippen molar-refractivity contribution in [2.75, 3.05) is 40.4 Å². The maximum atomic E-state index is 5.76. The van der Waals surface area contributed by atoms with Crippen molar-refractivity contribution in [3.63, 3.8) is 0 Å². The molecule has 0 spiro atoms. The van der Waals surface area contributed by atoms with Crippen molar-refractivity contribution in [2.45, 2.75) is 25.3 Å². The van der Waals surface area contributed by atoms with Crippen LogP contribution in [0.25, 0.3) is 0 Å². The first-order chi connectivity index (χ1) is 10.3. The van der Waals surface area contributed by atoms with Crippen molar-refractivity contribution in [3.8, 4) is 11.5 Å². The third-order valence-electron chi connectivity index (χ3n) is 4.63. The number of hydrogen-bond acceptors (Lipinski definition) is 4. The predicted octanol–water partition coefficient (Wildman–Crippen LogP) is 2.45. The van der Waals surface area contributed by atoms with Crippen molar-refractivity contribution in [1.29, 1.82) is 0 Å². The molecule has 0 aliphatic carbocycles. The summed E-state index contributed by atoms with van der Waals surface area (Å²) in [5.74, 6) is 2.67. The molecular formula is C17H26N2O2. The van der Waals surface area contributed by atoms with Gasteiger partial charge < -0.3 is 19.7 Å². The molecule has 116 valence electrons. The van der Waals surface area contributed by atoms with E-state index < -0.39 is 0 Å². The molecule has 0 amide bonds. The summed E-state index contributed by atoms with van der Waals surface area (Å²) in [6.07, 6.45) is 3.69. The number of likely N-dealkylation sites (tertiary alicyclic amines) is 1.